The average Bonchev–Trinajstić information content (AvgIpc) is 3.46. The maximum Gasteiger partial charge on any atom is 0.322 e. The van der Waals surface area contributed by atoms with Crippen molar-refractivity contribution in [3.63, 3.8) is 0 Å². The molecule has 3 aromatic rings. The largest absolute Gasteiger partial charge is 0.391 e. The van der Waals surface area contributed by atoms with E-state index in [4.69, 9.17) is 2.74 Å². The second-order valence-corrected chi connectivity index (χ2v) is 7.69. The Morgan fingerprint density at radius 3 is 2.94 bits per heavy atom. The number of halogens is 2. The Bertz CT molecular complexity index is 1220. The Kier molecular flexibility index (Phi) is 4.36. The summed E-state index contributed by atoms with van der Waals surface area (Å²) in [4.78, 5) is 20.2. The van der Waals surface area contributed by atoms with Crippen molar-refractivity contribution in [3.8, 4) is 0 Å². The number of nitrogens with one attached hydrogen (secondary N) is 1. The molecule has 1 aromatic carbocycles. The zero-order valence-corrected chi connectivity index (χ0v) is 16.5. The zero-order valence-electron chi connectivity index (χ0n) is 18.5. The van der Waals surface area contributed by atoms with Crippen LogP contribution in [0.2, 0.25) is 0 Å². The Morgan fingerprint density at radius 2 is 2.13 bits per heavy atom. The van der Waals surface area contributed by atoms with E-state index in [-0.39, 0.29) is 31.1 Å². The molecule has 0 aliphatic carbocycles. The number of hydrogen-bond acceptors (Lipinski definition) is 5. The lowest BCUT2D eigenvalue weighted by Crippen LogP contribution is -2.33. The van der Waals surface area contributed by atoms with Gasteiger partial charge in [-0.3, -0.25) is 0 Å². The first kappa shape index (κ1) is 17.4. The highest BCUT2D eigenvalue weighted by Crippen LogP contribution is 2.37. The van der Waals surface area contributed by atoms with Crippen molar-refractivity contribution in [3.05, 3.63) is 53.9 Å². The van der Waals surface area contributed by atoms with E-state index in [0.717, 1.165) is 18.2 Å². The van der Waals surface area contributed by atoms with Crippen LogP contribution in [0, 0.1) is 11.6 Å². The van der Waals surface area contributed by atoms with Crippen LogP contribution < -0.4 is 10.2 Å². The molecule has 0 saturated carbocycles. The molecule has 10 heteroatoms. The predicted molar refractivity (Wildman–Crippen MR) is 110 cm³/mol. The summed E-state index contributed by atoms with van der Waals surface area (Å²) < 4.78 is 46.3. The number of hydrogen-bond donors (Lipinski definition) is 2. The van der Waals surface area contributed by atoms with Gasteiger partial charge in [-0.25, -0.2) is 23.1 Å². The van der Waals surface area contributed by atoms with Crippen LogP contribution in [0.3, 0.4) is 0 Å². The monoisotopic (exact) mass is 430 g/mol. The molecule has 2 saturated heterocycles. The third-order valence-electron chi connectivity index (χ3n) is 5.65. The van der Waals surface area contributed by atoms with Crippen molar-refractivity contribution < 1.29 is 21.4 Å². The SMILES string of the molecule is [2H]C1([2H])CC(c2cc(F)ccc2F)N(c2ccn3ncc(NC(=O)N4CC[C@H](O)C4)c3n2)C1. The normalized spacial score (nSPS) is 23.8. The van der Waals surface area contributed by atoms with Crippen molar-refractivity contribution in [1.29, 1.82) is 0 Å². The predicted octanol–water partition coefficient (Wildman–Crippen LogP) is 2.95. The van der Waals surface area contributed by atoms with Gasteiger partial charge in [0.15, 0.2) is 5.65 Å². The second-order valence-electron chi connectivity index (χ2n) is 7.69. The second kappa shape index (κ2) is 7.77. The number of urea groups is 1. The Balaban J connectivity index is 1.47. The molecular weight excluding hydrogens is 406 g/mol. The summed E-state index contributed by atoms with van der Waals surface area (Å²) in [7, 11) is 0. The number of fused-ring (bicyclic) bond motifs is 1. The van der Waals surface area contributed by atoms with Crippen molar-refractivity contribution in [2.45, 2.75) is 31.4 Å². The lowest BCUT2D eigenvalue weighted by atomic mass is 10.0. The molecule has 2 aliphatic heterocycles. The molecular formula is C21H22F2N6O2. The summed E-state index contributed by atoms with van der Waals surface area (Å²) in [6.07, 6.45) is 1.36. The van der Waals surface area contributed by atoms with Crippen LogP contribution in [0.25, 0.3) is 5.65 Å². The van der Waals surface area contributed by atoms with E-state index in [1.54, 1.807) is 17.2 Å². The number of likely N-dealkylation sites (tertiary alicyclic amines) is 1. The lowest BCUT2D eigenvalue weighted by molar-refractivity contribution is 0.176. The molecule has 2 fully saturated rings. The number of rotatable bonds is 3. The number of benzene rings is 1. The van der Waals surface area contributed by atoms with Gasteiger partial charge in [0.25, 0.3) is 0 Å². The van der Waals surface area contributed by atoms with E-state index in [0.29, 0.717) is 30.1 Å². The van der Waals surface area contributed by atoms with Crippen molar-refractivity contribution in [2.24, 2.45) is 0 Å². The van der Waals surface area contributed by atoms with E-state index >= 15 is 0 Å². The van der Waals surface area contributed by atoms with Gasteiger partial charge in [0.2, 0.25) is 0 Å². The van der Waals surface area contributed by atoms with Crippen LogP contribution in [-0.4, -0.2) is 56.4 Å². The fourth-order valence-corrected chi connectivity index (χ4v) is 4.06. The minimum atomic E-state index is -1.63. The molecule has 2 aromatic heterocycles. The highest BCUT2D eigenvalue weighted by Gasteiger charge is 2.30. The number of β-amino-alcohol motifs (C(OH)–C–C–N with tert-alkyl or cyclic N) is 1. The molecule has 8 nitrogen and oxygen atoms in total. The highest BCUT2D eigenvalue weighted by molar-refractivity contribution is 5.93. The molecule has 0 radical (unpaired) electrons. The van der Waals surface area contributed by atoms with E-state index < -0.39 is 30.2 Å². The summed E-state index contributed by atoms with van der Waals surface area (Å²) in [5, 5.41) is 16.6. The molecule has 1 unspecified atom stereocenters. The zero-order chi connectivity index (χ0) is 23.3. The van der Waals surface area contributed by atoms with Crippen molar-refractivity contribution in [2.75, 3.05) is 29.9 Å². The molecule has 31 heavy (non-hydrogen) atoms. The maximum atomic E-state index is 14.5. The first-order chi connectivity index (χ1) is 15.7. The van der Waals surface area contributed by atoms with E-state index in [1.165, 1.54) is 15.6 Å². The van der Waals surface area contributed by atoms with Gasteiger partial charge in [-0.2, -0.15) is 5.10 Å². The summed E-state index contributed by atoms with van der Waals surface area (Å²) in [5.41, 5.74) is 0.734. The lowest BCUT2D eigenvalue weighted by Gasteiger charge is -2.26. The number of nitrogens with zero attached hydrogens (tertiary/aromatic N) is 5. The van der Waals surface area contributed by atoms with E-state index in [9.17, 15) is 18.7 Å². The van der Waals surface area contributed by atoms with Gasteiger partial charge >= 0.3 is 6.03 Å². The molecule has 2 aliphatic rings. The van der Waals surface area contributed by atoms with Crippen LogP contribution in [0.15, 0.2) is 36.7 Å². The third-order valence-corrected chi connectivity index (χ3v) is 5.65. The van der Waals surface area contributed by atoms with Crippen LogP contribution in [0.5, 0.6) is 0 Å². The smallest absolute Gasteiger partial charge is 0.322 e. The number of carbonyl (C=O) groups excluding carboxylic acids is 1. The fourth-order valence-electron chi connectivity index (χ4n) is 4.06. The number of amides is 2. The van der Waals surface area contributed by atoms with Crippen molar-refractivity contribution >= 4 is 23.2 Å². The van der Waals surface area contributed by atoms with Crippen LogP contribution >= 0.6 is 0 Å². The van der Waals surface area contributed by atoms with Gasteiger partial charge in [0.05, 0.1) is 18.3 Å². The Hall–Kier alpha value is -3.27. The highest BCUT2D eigenvalue weighted by atomic mass is 19.1. The first-order valence-corrected chi connectivity index (χ1v) is 10.0. The summed E-state index contributed by atoms with van der Waals surface area (Å²) in [5.74, 6) is -0.865. The maximum absolute atomic E-state index is 14.5. The molecule has 4 heterocycles. The number of aromatic nitrogens is 3. The topological polar surface area (TPSA) is 86.0 Å². The van der Waals surface area contributed by atoms with Crippen LogP contribution in [-0.2, 0) is 0 Å². The minimum absolute atomic E-state index is 0.0274. The van der Waals surface area contributed by atoms with Gasteiger partial charge in [-0.05, 0) is 43.5 Å². The first-order valence-electron chi connectivity index (χ1n) is 11.0. The molecule has 5 rings (SSSR count). The Labute approximate surface area is 179 Å². The van der Waals surface area contributed by atoms with Crippen LogP contribution in [0.4, 0.5) is 25.1 Å². The minimum Gasteiger partial charge on any atom is -0.391 e. The van der Waals surface area contributed by atoms with E-state index in [2.05, 4.69) is 15.4 Å². The van der Waals surface area contributed by atoms with Crippen LogP contribution in [0.1, 0.15) is 33.6 Å². The summed E-state index contributed by atoms with van der Waals surface area (Å²) >= 11 is 0. The Morgan fingerprint density at radius 1 is 1.26 bits per heavy atom. The number of anilines is 2. The van der Waals surface area contributed by atoms with Gasteiger partial charge in [-0.15, -0.1) is 0 Å². The number of aliphatic hydroxyl groups is 1. The van der Waals surface area contributed by atoms with Gasteiger partial charge in [0.1, 0.15) is 23.1 Å². The molecule has 2 N–H and O–H groups in total. The number of aliphatic hydroxyl groups excluding tert-OH is 1. The summed E-state index contributed by atoms with van der Waals surface area (Å²) in [6, 6.07) is 3.63. The van der Waals surface area contributed by atoms with Gasteiger partial charge in [0, 0.05) is 34.1 Å². The molecule has 0 bridgehead atoms. The standard InChI is InChI=1S/C21H22F2N6O2/c22-13-3-4-16(23)15(10-13)18-2-1-7-28(18)19-6-9-29-20(26-19)17(11-24-29)25-21(31)27-8-5-14(30)12-27/h3-4,6,9-11,14,18,30H,1-2,5,7-8,12H2,(H,25,31)/t14-,18?/m0/s1/i1D2. The molecule has 2 atom stereocenters. The van der Waals surface area contributed by atoms with Gasteiger partial charge in [-0.1, -0.05) is 0 Å². The third kappa shape index (κ3) is 3.67. The molecule has 2 amide bonds. The quantitative estimate of drug-likeness (QED) is 0.667. The molecule has 162 valence electrons. The van der Waals surface area contributed by atoms with Gasteiger partial charge < -0.3 is 20.2 Å². The summed E-state index contributed by atoms with van der Waals surface area (Å²) in [6.45, 7) is 0.625. The van der Waals surface area contributed by atoms with Crippen molar-refractivity contribution in [1.82, 2.24) is 19.5 Å². The fraction of sp³-hybridized carbons (Fsp3) is 0.381. The average molecular weight is 430 g/mol. The molecule has 0 spiro atoms. The number of carbonyl (C=O) groups is 1. The van der Waals surface area contributed by atoms with E-state index in [1.807, 2.05) is 0 Å².